The van der Waals surface area contributed by atoms with Crippen molar-refractivity contribution in [2.45, 2.75) is 148 Å². The third-order valence-corrected chi connectivity index (χ3v) is 8.96. The fourth-order valence-electron chi connectivity index (χ4n) is 4.80. The lowest BCUT2D eigenvalue weighted by molar-refractivity contribution is -0.870. The Bertz CT molecular complexity index is 1080. The van der Waals surface area contributed by atoms with Gasteiger partial charge in [-0.15, -0.1) is 0 Å². The summed E-state index contributed by atoms with van der Waals surface area (Å²) < 4.78 is 33.7. The highest BCUT2D eigenvalue weighted by molar-refractivity contribution is 7.45. The predicted octanol–water partition coefficient (Wildman–Crippen LogP) is 10.3. The number of nitrogens with zero attached hydrogens (tertiary/aromatic N) is 1. The molecule has 0 saturated carbocycles. The fraction of sp³-hybridized carbons (Fsp3) is 0.714. The Balaban J connectivity index is 4.50. The second-order valence-corrected chi connectivity index (χ2v) is 15.7. The number of quaternary nitrogens is 1. The van der Waals surface area contributed by atoms with Gasteiger partial charge in [0.2, 0.25) is 0 Å². The zero-order valence-electron chi connectivity index (χ0n) is 33.5. The molecule has 2 atom stereocenters. The molecule has 0 N–H and O–H groups in total. The number of likely N-dealkylation sites (N-methyl/N-ethyl adjacent to an activating group) is 1. The van der Waals surface area contributed by atoms with Crippen LogP contribution in [0.4, 0.5) is 0 Å². The third kappa shape index (κ3) is 37.5. The summed E-state index contributed by atoms with van der Waals surface area (Å²) in [5, 5.41) is 0. The molecule has 1 unspecified atom stereocenters. The average molecular weight is 752 g/mol. The van der Waals surface area contributed by atoms with Crippen LogP contribution in [0, 0.1) is 0 Å². The highest BCUT2D eigenvalue weighted by atomic mass is 31.2. The van der Waals surface area contributed by atoms with Crippen LogP contribution < -0.4 is 4.89 Å². The second kappa shape index (κ2) is 34.5. The minimum absolute atomic E-state index is 0.0413. The zero-order chi connectivity index (χ0) is 38.6. The van der Waals surface area contributed by atoms with Gasteiger partial charge in [-0.2, -0.15) is 0 Å². The van der Waals surface area contributed by atoms with E-state index in [1.165, 1.54) is 19.3 Å². The van der Waals surface area contributed by atoms with E-state index in [2.05, 4.69) is 74.6 Å². The first-order valence-electron chi connectivity index (χ1n) is 20.0. The van der Waals surface area contributed by atoms with Gasteiger partial charge in [0.1, 0.15) is 19.8 Å². The maximum Gasteiger partial charge on any atom is 0.306 e. The number of phosphoric acid groups is 1. The Kier molecular flexibility index (Phi) is 33.0. The molecule has 0 aromatic carbocycles. The van der Waals surface area contributed by atoms with Crippen molar-refractivity contribution in [2.24, 2.45) is 0 Å². The predicted molar refractivity (Wildman–Crippen MR) is 213 cm³/mol. The number of hydrogen-bond acceptors (Lipinski definition) is 8. The van der Waals surface area contributed by atoms with E-state index < -0.39 is 32.5 Å². The highest BCUT2D eigenvalue weighted by Crippen LogP contribution is 2.38. The summed E-state index contributed by atoms with van der Waals surface area (Å²) in [4.78, 5) is 37.4. The molecule has 0 aliphatic heterocycles. The molecule has 0 fully saturated rings. The lowest BCUT2D eigenvalue weighted by Crippen LogP contribution is -2.37. The Labute approximate surface area is 317 Å². The number of allylic oxidation sites excluding steroid dienone is 10. The van der Waals surface area contributed by atoms with Crippen molar-refractivity contribution in [1.29, 1.82) is 0 Å². The SMILES string of the molecule is CCC/C=C/C/C=C/C/C=C/C/C=C/CCCCCC(=O)O[C@H](COC(=O)CCCCCCC/C=C/CCCC)COP(=O)([O-])OCC[N+](C)(C)C. The van der Waals surface area contributed by atoms with Gasteiger partial charge in [-0.1, -0.05) is 120 Å². The summed E-state index contributed by atoms with van der Waals surface area (Å²) in [7, 11) is 1.13. The maximum atomic E-state index is 12.6. The van der Waals surface area contributed by atoms with Gasteiger partial charge in [-0.25, -0.2) is 0 Å². The van der Waals surface area contributed by atoms with Crippen LogP contribution in [0.15, 0.2) is 60.8 Å². The molecule has 9 nitrogen and oxygen atoms in total. The first-order chi connectivity index (χ1) is 25.0. The van der Waals surface area contributed by atoms with Gasteiger partial charge in [0.25, 0.3) is 7.82 Å². The van der Waals surface area contributed by atoms with Crippen LogP contribution in [-0.4, -0.2) is 70.0 Å². The molecule has 0 aliphatic carbocycles. The molecule has 0 spiro atoms. The molecular formula is C42H74NO8P. The third-order valence-electron chi connectivity index (χ3n) is 7.99. The molecule has 0 aromatic heterocycles. The summed E-state index contributed by atoms with van der Waals surface area (Å²) in [5.41, 5.74) is 0. The average Bonchev–Trinajstić information content (AvgIpc) is 3.09. The summed E-state index contributed by atoms with van der Waals surface area (Å²) in [6.07, 6.45) is 39.6. The van der Waals surface area contributed by atoms with Crippen molar-refractivity contribution in [2.75, 3.05) is 47.5 Å². The van der Waals surface area contributed by atoms with E-state index >= 15 is 0 Å². The molecule has 0 radical (unpaired) electrons. The first-order valence-corrected chi connectivity index (χ1v) is 21.5. The zero-order valence-corrected chi connectivity index (χ0v) is 34.4. The topological polar surface area (TPSA) is 111 Å². The van der Waals surface area contributed by atoms with E-state index in [4.69, 9.17) is 18.5 Å². The van der Waals surface area contributed by atoms with Gasteiger partial charge in [0.05, 0.1) is 27.7 Å². The molecule has 0 bridgehead atoms. The van der Waals surface area contributed by atoms with Crippen LogP contribution in [0.5, 0.6) is 0 Å². The van der Waals surface area contributed by atoms with Crippen LogP contribution in [0.25, 0.3) is 0 Å². The quantitative estimate of drug-likeness (QED) is 0.0207. The molecule has 0 aliphatic rings. The van der Waals surface area contributed by atoms with Gasteiger partial charge in [-0.05, 0) is 70.6 Å². The van der Waals surface area contributed by atoms with Crippen LogP contribution in [-0.2, 0) is 32.7 Å². The summed E-state index contributed by atoms with van der Waals surface area (Å²) in [5.74, 6) is -0.890. The van der Waals surface area contributed by atoms with Gasteiger partial charge >= 0.3 is 11.9 Å². The lowest BCUT2D eigenvalue weighted by Gasteiger charge is -2.28. The van der Waals surface area contributed by atoms with Crippen molar-refractivity contribution in [3.8, 4) is 0 Å². The molecule has 300 valence electrons. The Hall–Kier alpha value is -2.29. The molecule has 0 heterocycles. The lowest BCUT2D eigenvalue weighted by atomic mass is 10.1. The Morgan fingerprint density at radius 3 is 1.65 bits per heavy atom. The minimum atomic E-state index is -4.63. The van der Waals surface area contributed by atoms with Gasteiger partial charge < -0.3 is 27.9 Å². The first kappa shape index (κ1) is 49.7. The second-order valence-electron chi connectivity index (χ2n) is 14.3. The molecule has 52 heavy (non-hydrogen) atoms. The molecule has 0 amide bonds. The van der Waals surface area contributed by atoms with Gasteiger partial charge in [0, 0.05) is 12.8 Å². The molecule has 0 rings (SSSR count). The Morgan fingerprint density at radius 1 is 0.596 bits per heavy atom. The molecule has 0 aromatic rings. The number of carbonyl (C=O) groups is 2. The molecule has 10 heteroatoms. The van der Waals surface area contributed by atoms with E-state index in [0.29, 0.717) is 23.9 Å². The highest BCUT2D eigenvalue weighted by Gasteiger charge is 2.21. The van der Waals surface area contributed by atoms with Crippen molar-refractivity contribution in [3.63, 3.8) is 0 Å². The van der Waals surface area contributed by atoms with E-state index in [1.54, 1.807) is 0 Å². The van der Waals surface area contributed by atoms with Crippen molar-refractivity contribution in [3.05, 3.63) is 60.8 Å². The number of phosphoric ester groups is 1. The van der Waals surface area contributed by atoms with Crippen LogP contribution in [0.2, 0.25) is 0 Å². The number of ether oxygens (including phenoxy) is 2. The normalized spacial score (nSPS) is 14.3. The summed E-state index contributed by atoms with van der Waals surface area (Å²) >= 11 is 0. The van der Waals surface area contributed by atoms with E-state index in [0.717, 1.165) is 83.5 Å². The van der Waals surface area contributed by atoms with Crippen LogP contribution in [0.3, 0.4) is 0 Å². The van der Waals surface area contributed by atoms with E-state index in [1.807, 2.05) is 21.1 Å². The van der Waals surface area contributed by atoms with Gasteiger partial charge in [-0.3, -0.25) is 14.2 Å². The van der Waals surface area contributed by atoms with Crippen molar-refractivity contribution in [1.82, 2.24) is 0 Å². The summed E-state index contributed by atoms with van der Waals surface area (Å²) in [6.45, 7) is 4.04. The monoisotopic (exact) mass is 752 g/mol. The summed E-state index contributed by atoms with van der Waals surface area (Å²) in [6, 6.07) is 0. The number of hydrogen-bond donors (Lipinski definition) is 0. The standard InChI is InChI=1S/C42H74NO8P/c1-6-8-10-12-14-16-18-19-20-21-22-23-25-27-29-31-33-35-42(45)51-40(39-50-52(46,47)49-37-36-43(3,4)5)38-48-41(44)34-32-30-28-26-24-17-15-13-11-9-7-2/h10,12-13,15-16,18,20-21,23,25,40H,6-9,11,14,17,19,22,24,26-39H2,1-5H3/b12-10+,15-13+,18-16+,21-20+,25-23+/t40-/m1/s1. The number of unbranched alkanes of at least 4 members (excludes halogenated alkanes) is 11. The molecule has 0 saturated heterocycles. The van der Waals surface area contributed by atoms with Crippen molar-refractivity contribution < 1.29 is 42.1 Å². The Morgan fingerprint density at radius 2 is 1.08 bits per heavy atom. The van der Waals surface area contributed by atoms with Gasteiger partial charge in [0.15, 0.2) is 6.10 Å². The van der Waals surface area contributed by atoms with E-state index in [-0.39, 0.29) is 26.1 Å². The number of rotatable bonds is 35. The molecular weight excluding hydrogens is 677 g/mol. The fourth-order valence-corrected chi connectivity index (χ4v) is 5.53. The van der Waals surface area contributed by atoms with E-state index in [9.17, 15) is 19.0 Å². The maximum absolute atomic E-state index is 12.6. The number of carbonyl (C=O) groups excluding carboxylic acids is 2. The smallest absolute Gasteiger partial charge is 0.306 e. The van der Waals surface area contributed by atoms with Crippen molar-refractivity contribution >= 4 is 19.8 Å². The van der Waals surface area contributed by atoms with Crippen LogP contribution >= 0.6 is 7.82 Å². The van der Waals surface area contributed by atoms with Crippen LogP contribution in [0.1, 0.15) is 142 Å². The number of esters is 2. The minimum Gasteiger partial charge on any atom is -0.756 e. The largest absolute Gasteiger partial charge is 0.756 e.